The molecule has 25 atom stereocenters. The van der Waals surface area contributed by atoms with Crippen LogP contribution in [0.4, 0.5) is 0 Å². The number of amides is 2. The van der Waals surface area contributed by atoms with Crippen molar-refractivity contribution < 1.29 is 139 Å². The number of carboxylic acid groups (broad SMARTS) is 1. The van der Waals surface area contributed by atoms with Crippen LogP contribution in [0, 0.1) is 0 Å². The lowest BCUT2D eigenvalue weighted by Crippen LogP contribution is -2.72. The van der Waals surface area contributed by atoms with Crippen LogP contribution in [0.1, 0.15) is 27.2 Å². The SMILES string of the molecule is CC(=O)NC1C(O)CC(OC2C(O)C(CO)OC(OC3C(NC(C)=O)C(OC(C(O)C=O)C(O)C(O)CO)OC(CO)C3OC3OC(C)C(O)C(O)C3O)C2O)(C(=O)O)OC1C(O)C(O)CO. The molecule has 0 aromatic carbocycles. The third-order valence-electron chi connectivity index (χ3n) is 11.6. The van der Waals surface area contributed by atoms with Gasteiger partial charge in [-0.05, 0) is 6.92 Å². The van der Waals surface area contributed by atoms with E-state index in [4.69, 9.17) is 37.9 Å². The van der Waals surface area contributed by atoms with Gasteiger partial charge in [-0.3, -0.25) is 9.59 Å². The number of hydrogen-bond acceptors (Lipinski definition) is 27. The number of nitrogens with one attached hydrogen (secondary N) is 2. The maximum absolute atomic E-state index is 13.1. The summed E-state index contributed by atoms with van der Waals surface area (Å²) >= 11 is 0. The van der Waals surface area contributed by atoms with E-state index in [0.717, 1.165) is 13.8 Å². The quantitative estimate of drug-likeness (QED) is 0.0475. The molecule has 4 fully saturated rings. The van der Waals surface area contributed by atoms with Crippen LogP contribution in [0.2, 0.25) is 0 Å². The molecule has 30 heteroatoms. The highest BCUT2D eigenvalue weighted by molar-refractivity contribution is 5.76. The molecule has 4 rings (SSSR count). The zero-order chi connectivity index (χ0) is 50.4. The van der Waals surface area contributed by atoms with Crippen molar-refractivity contribution in [1.29, 1.82) is 0 Å². The van der Waals surface area contributed by atoms with Crippen molar-refractivity contribution in [2.24, 2.45) is 0 Å². The molecule has 2 amide bonds. The molecule has 0 spiro atoms. The lowest BCUT2D eigenvalue weighted by Gasteiger charge is -2.52. The molecule has 30 nitrogen and oxygen atoms in total. The molecule has 0 aliphatic carbocycles. The molecule has 4 saturated heterocycles. The first-order chi connectivity index (χ1) is 31.4. The lowest BCUT2D eigenvalue weighted by atomic mass is 9.88. The minimum absolute atomic E-state index is 0.149. The second-order valence-corrected chi connectivity index (χ2v) is 16.5. The summed E-state index contributed by atoms with van der Waals surface area (Å²) in [6, 6.07) is -3.64. The summed E-state index contributed by atoms with van der Waals surface area (Å²) in [6.07, 6.45) is -47.0. The summed E-state index contributed by atoms with van der Waals surface area (Å²) in [5.74, 6) is -7.14. The molecule has 0 saturated carbocycles. The Bertz CT molecular complexity index is 1620. The van der Waals surface area contributed by atoms with Gasteiger partial charge in [-0.15, -0.1) is 0 Å². The monoisotopic (exact) mass is 982 g/mol. The van der Waals surface area contributed by atoms with Crippen molar-refractivity contribution >= 4 is 24.1 Å². The Morgan fingerprint density at radius 1 is 0.701 bits per heavy atom. The van der Waals surface area contributed by atoms with Crippen LogP contribution in [0.3, 0.4) is 0 Å². The van der Waals surface area contributed by atoms with Crippen molar-refractivity contribution in [2.75, 3.05) is 26.4 Å². The number of aliphatic hydroxyl groups excluding tert-OH is 15. The number of carbonyl (C=O) groups excluding carboxylic acids is 3. The average molecular weight is 983 g/mol. The van der Waals surface area contributed by atoms with Gasteiger partial charge in [0.05, 0.1) is 44.7 Å². The van der Waals surface area contributed by atoms with Crippen LogP contribution in [-0.4, -0.2) is 285 Å². The number of aliphatic hydroxyl groups is 15. The summed E-state index contributed by atoms with van der Waals surface area (Å²) in [7, 11) is 0. The first-order valence-electron chi connectivity index (χ1n) is 20.9. The van der Waals surface area contributed by atoms with Gasteiger partial charge in [0, 0.05) is 20.3 Å². The molecule has 4 aliphatic rings. The zero-order valence-corrected chi connectivity index (χ0v) is 36.0. The minimum atomic E-state index is -3.24. The van der Waals surface area contributed by atoms with Gasteiger partial charge in [0.15, 0.2) is 25.2 Å². The molecule has 25 unspecified atom stereocenters. The number of aldehydes is 1. The molecule has 0 bridgehead atoms. The van der Waals surface area contributed by atoms with E-state index in [-0.39, 0.29) is 6.29 Å². The fourth-order valence-corrected chi connectivity index (χ4v) is 8.01. The van der Waals surface area contributed by atoms with Crippen molar-refractivity contribution in [3.8, 4) is 0 Å². The fourth-order valence-electron chi connectivity index (χ4n) is 8.01. The second-order valence-electron chi connectivity index (χ2n) is 16.5. The second kappa shape index (κ2) is 24.3. The highest BCUT2D eigenvalue weighted by Crippen LogP contribution is 2.39. The molecule has 18 N–H and O–H groups in total. The summed E-state index contributed by atoms with van der Waals surface area (Å²) in [4.78, 5) is 49.7. The molecule has 0 aromatic heterocycles. The van der Waals surface area contributed by atoms with Crippen molar-refractivity contribution in [3.05, 3.63) is 0 Å². The standard InChI is InChI=1S/C37H62N2O28/c1-10-21(51)25(55)26(56)34(60-10)64-29-18(9-44)62-33(63-28(16(50)7-42)22(52)14(48)5-40)20(39-12(3)46)31(29)65-35-27(57)32(24(54)17(8-43)61-35)67-37(36(58)59)4-13(47)19(38-11(2)45)30(66-37)23(53)15(49)6-41/h7,10,13-35,40-41,43-44,47-57H,4-6,8-9H2,1-3H3,(H,38,45)(H,39,46)(H,58,59). The Kier molecular flexibility index (Phi) is 20.6. The van der Waals surface area contributed by atoms with Crippen LogP contribution in [-0.2, 0) is 57.1 Å². The van der Waals surface area contributed by atoms with Crippen LogP contribution in [0.15, 0.2) is 0 Å². The maximum atomic E-state index is 13.1. The fraction of sp³-hybridized carbons (Fsp3) is 0.892. The molecule has 388 valence electrons. The van der Waals surface area contributed by atoms with Gasteiger partial charge >= 0.3 is 5.97 Å². The van der Waals surface area contributed by atoms with Gasteiger partial charge in [0.1, 0.15) is 110 Å². The molecule has 4 heterocycles. The molecule has 67 heavy (non-hydrogen) atoms. The summed E-state index contributed by atoms with van der Waals surface area (Å²) < 4.78 is 46.2. The van der Waals surface area contributed by atoms with E-state index in [2.05, 4.69) is 10.6 Å². The highest BCUT2D eigenvalue weighted by atomic mass is 16.8. The number of carbonyl (C=O) groups is 4. The van der Waals surface area contributed by atoms with Crippen LogP contribution in [0.25, 0.3) is 0 Å². The molecule has 4 aliphatic heterocycles. The molecular formula is C37H62N2O28. The number of carboxylic acids is 1. The topological polar surface area (TPSA) is 490 Å². The van der Waals surface area contributed by atoms with Gasteiger partial charge in [0.2, 0.25) is 11.8 Å². The van der Waals surface area contributed by atoms with E-state index < -0.39 is 203 Å². The zero-order valence-electron chi connectivity index (χ0n) is 36.0. The van der Waals surface area contributed by atoms with E-state index in [1.807, 2.05) is 0 Å². The van der Waals surface area contributed by atoms with Crippen molar-refractivity contribution in [3.63, 3.8) is 0 Å². The Hall–Kier alpha value is -2.84. The largest absolute Gasteiger partial charge is 0.477 e. The number of rotatable bonds is 21. The first kappa shape index (κ1) is 56.7. The smallest absolute Gasteiger partial charge is 0.364 e. The third-order valence-corrected chi connectivity index (χ3v) is 11.6. The van der Waals surface area contributed by atoms with Gasteiger partial charge in [-0.1, -0.05) is 0 Å². The van der Waals surface area contributed by atoms with Crippen LogP contribution < -0.4 is 10.6 Å². The van der Waals surface area contributed by atoms with Gasteiger partial charge < -0.3 is 135 Å². The number of aliphatic carboxylic acids is 1. The first-order valence-corrected chi connectivity index (χ1v) is 20.9. The predicted molar refractivity (Wildman–Crippen MR) is 207 cm³/mol. The van der Waals surface area contributed by atoms with E-state index in [0.29, 0.717) is 0 Å². The average Bonchev–Trinajstić information content (AvgIpc) is 3.29. The van der Waals surface area contributed by atoms with Crippen LogP contribution >= 0.6 is 0 Å². The number of ether oxygens (including phenoxy) is 8. The van der Waals surface area contributed by atoms with Gasteiger partial charge in [-0.25, -0.2) is 4.79 Å². The summed E-state index contributed by atoms with van der Waals surface area (Å²) in [6.45, 7) is -1.43. The van der Waals surface area contributed by atoms with Crippen molar-refractivity contribution in [1.82, 2.24) is 10.6 Å². The van der Waals surface area contributed by atoms with Gasteiger partial charge in [-0.2, -0.15) is 0 Å². The minimum Gasteiger partial charge on any atom is -0.477 e. The predicted octanol–water partition coefficient (Wildman–Crippen LogP) is -11.6. The summed E-state index contributed by atoms with van der Waals surface area (Å²) in [5, 5.41) is 174. The Morgan fingerprint density at radius 2 is 1.25 bits per heavy atom. The Balaban J connectivity index is 1.84. The van der Waals surface area contributed by atoms with E-state index in [1.54, 1.807) is 0 Å². The van der Waals surface area contributed by atoms with Crippen molar-refractivity contribution in [2.45, 2.75) is 180 Å². The van der Waals surface area contributed by atoms with Crippen LogP contribution in [0.5, 0.6) is 0 Å². The Morgan fingerprint density at radius 3 is 1.79 bits per heavy atom. The van der Waals surface area contributed by atoms with E-state index >= 15 is 0 Å². The maximum Gasteiger partial charge on any atom is 0.364 e. The molecular weight excluding hydrogens is 920 g/mol. The third kappa shape index (κ3) is 12.7. The van der Waals surface area contributed by atoms with E-state index in [9.17, 15) is 101 Å². The lowest BCUT2D eigenvalue weighted by molar-refractivity contribution is -0.392. The molecule has 0 radical (unpaired) electrons. The molecule has 0 aromatic rings. The number of hydrogen-bond donors (Lipinski definition) is 18. The summed E-state index contributed by atoms with van der Waals surface area (Å²) in [5.41, 5.74) is 0. The Labute approximate surface area is 379 Å². The van der Waals surface area contributed by atoms with Gasteiger partial charge in [0.25, 0.3) is 5.79 Å². The van der Waals surface area contributed by atoms with E-state index in [1.165, 1.54) is 6.92 Å². The normalized spacial score (nSPS) is 42.1. The highest BCUT2D eigenvalue weighted by Gasteiger charge is 2.61.